The van der Waals surface area contributed by atoms with Crippen molar-refractivity contribution in [2.24, 2.45) is 0 Å². The average Bonchev–Trinajstić information content (AvgIpc) is 2.29. The number of benzene rings is 1. The van der Waals surface area contributed by atoms with Gasteiger partial charge in [0.25, 0.3) is 5.56 Å². The van der Waals surface area contributed by atoms with Gasteiger partial charge in [-0.05, 0) is 12.1 Å². The molecule has 2 rings (SSSR count). The third-order valence-electron chi connectivity index (χ3n) is 1.61. The molecule has 12 heavy (non-hydrogen) atoms. The largest absolute Gasteiger partial charge is 0.279 e. The van der Waals surface area contributed by atoms with Crippen LogP contribution in [0.5, 0.6) is 0 Å². The van der Waals surface area contributed by atoms with Crippen molar-refractivity contribution in [2.45, 2.75) is 0 Å². The maximum atomic E-state index is 11.2. The van der Waals surface area contributed by atoms with Gasteiger partial charge in [0, 0.05) is 12.4 Å². The zero-order chi connectivity index (χ0) is 8.39. The highest BCUT2D eigenvalue weighted by molar-refractivity contribution is 5.76. The van der Waals surface area contributed by atoms with Crippen LogP contribution in [0, 0.1) is 0 Å². The number of hydrogen-bond acceptors (Lipinski definition) is 3. The van der Waals surface area contributed by atoms with Gasteiger partial charge in [0.05, 0.1) is 10.9 Å². The summed E-state index contributed by atoms with van der Waals surface area (Å²) in [6, 6.07) is 7.15. The highest BCUT2D eigenvalue weighted by Gasteiger charge is 1.93. The van der Waals surface area contributed by atoms with Crippen molar-refractivity contribution in [2.75, 3.05) is 0 Å². The molecule has 3 nitrogen and oxygen atoms in total. The van der Waals surface area contributed by atoms with Crippen molar-refractivity contribution < 1.29 is 0 Å². The minimum atomic E-state index is -0.233. The molecule has 0 atom stereocenters. The molecular weight excluding hydrogens is 152 g/mol. The van der Waals surface area contributed by atoms with Gasteiger partial charge in [-0.15, -0.1) is 0 Å². The Balaban J connectivity index is 3.06. The fourth-order valence-electron chi connectivity index (χ4n) is 1.05. The zero-order valence-electron chi connectivity index (χ0n) is 6.27. The maximum absolute atomic E-state index is 11.2. The molecule has 0 aliphatic rings. The number of fused-ring (bicyclic) bond motifs is 1. The van der Waals surface area contributed by atoms with Crippen molar-refractivity contribution in [3.63, 3.8) is 0 Å². The summed E-state index contributed by atoms with van der Waals surface area (Å²) in [5.74, 6) is 0. The van der Waals surface area contributed by atoms with Crippen LogP contribution < -0.4 is 5.56 Å². The van der Waals surface area contributed by atoms with E-state index in [1.54, 1.807) is 18.2 Å². The van der Waals surface area contributed by atoms with Crippen LogP contribution in [0.25, 0.3) is 10.9 Å². The van der Waals surface area contributed by atoms with E-state index < -0.39 is 0 Å². The number of aromatic nitrogens is 2. The third kappa shape index (κ3) is 1.05. The fraction of sp³-hybridized carbons (Fsp3) is 0. The van der Waals surface area contributed by atoms with Crippen molar-refractivity contribution in [1.29, 1.82) is 0 Å². The number of para-hydroxylation sites is 1. The summed E-state index contributed by atoms with van der Waals surface area (Å²) in [7, 11) is 0. The smallest absolute Gasteiger partial charge is 0.267 e. The van der Waals surface area contributed by atoms with E-state index in [2.05, 4.69) is 9.97 Å². The maximum Gasteiger partial charge on any atom is 0.279 e. The van der Waals surface area contributed by atoms with Crippen molar-refractivity contribution in [1.82, 2.24) is 9.97 Å². The van der Waals surface area contributed by atoms with Crippen LogP contribution in [0.3, 0.4) is 0 Å². The lowest BCUT2D eigenvalue weighted by atomic mass is 10.2. The Kier molecular flexibility index (Phi) is 1.55. The summed E-state index contributed by atoms with van der Waals surface area (Å²) in [4.78, 5) is 18.9. The van der Waals surface area contributed by atoms with E-state index in [4.69, 9.17) is 0 Å². The van der Waals surface area contributed by atoms with Crippen molar-refractivity contribution >= 4 is 10.9 Å². The van der Waals surface area contributed by atoms with Crippen LogP contribution >= 0.6 is 0 Å². The Morgan fingerprint density at radius 2 is 1.75 bits per heavy atom. The van der Waals surface area contributed by atoms with Crippen LogP contribution in [0.15, 0.2) is 41.5 Å². The summed E-state index contributed by atoms with van der Waals surface area (Å²) in [6.07, 6.45) is 2.92. The first-order chi connectivity index (χ1) is 5.88. The molecule has 0 unspecified atom stereocenters. The number of hydrogen-bond donors (Lipinski definition) is 0. The predicted molar refractivity (Wildman–Crippen MR) is 45.8 cm³/mol. The predicted octanol–water partition coefficient (Wildman–Crippen LogP) is 0.990. The topological polar surface area (TPSA) is 42.9 Å². The summed E-state index contributed by atoms with van der Waals surface area (Å²) in [5.41, 5.74) is 0.447. The van der Waals surface area contributed by atoms with E-state index in [0.29, 0.717) is 10.9 Å². The van der Waals surface area contributed by atoms with Gasteiger partial charge in [-0.25, -0.2) is 4.98 Å². The second-order valence-electron chi connectivity index (χ2n) is 2.38. The van der Waals surface area contributed by atoms with E-state index in [9.17, 15) is 4.79 Å². The van der Waals surface area contributed by atoms with Gasteiger partial charge >= 0.3 is 0 Å². The Morgan fingerprint density at radius 1 is 1.00 bits per heavy atom. The van der Waals surface area contributed by atoms with E-state index in [0.717, 1.165) is 0 Å². The first kappa shape index (κ1) is 6.91. The summed E-state index contributed by atoms with van der Waals surface area (Å²) < 4.78 is 0. The minimum absolute atomic E-state index is 0.233. The summed E-state index contributed by atoms with van der Waals surface area (Å²) >= 11 is 0. The second kappa shape index (κ2) is 2.70. The van der Waals surface area contributed by atoms with Crippen molar-refractivity contribution in [3.8, 4) is 0 Å². The molecule has 58 valence electrons. The lowest BCUT2D eigenvalue weighted by Gasteiger charge is -1.85. The number of rotatable bonds is 0. The zero-order valence-corrected chi connectivity index (χ0v) is 6.27. The van der Waals surface area contributed by atoms with Gasteiger partial charge in [-0.2, -0.15) is 0 Å². The van der Waals surface area contributed by atoms with Gasteiger partial charge in [0.1, 0.15) is 0 Å². The lowest BCUT2D eigenvalue weighted by Crippen LogP contribution is -2.00. The second-order valence-corrected chi connectivity index (χ2v) is 2.38. The summed E-state index contributed by atoms with van der Waals surface area (Å²) in [5, 5.41) is 0.558. The van der Waals surface area contributed by atoms with Crippen LogP contribution in [-0.4, -0.2) is 9.97 Å². The van der Waals surface area contributed by atoms with E-state index in [1.807, 2.05) is 6.07 Å². The molecule has 0 fully saturated rings. The van der Waals surface area contributed by atoms with Gasteiger partial charge in [-0.3, -0.25) is 9.78 Å². The molecule has 0 bridgehead atoms. The minimum Gasteiger partial charge on any atom is -0.267 e. The lowest BCUT2D eigenvalue weighted by molar-refractivity contribution is 1.28. The van der Waals surface area contributed by atoms with Crippen LogP contribution in [0.2, 0.25) is 0 Å². The molecule has 0 aliphatic carbocycles. The van der Waals surface area contributed by atoms with Gasteiger partial charge in [0.15, 0.2) is 0 Å². The number of nitrogens with zero attached hydrogens (tertiary/aromatic N) is 2. The molecule has 0 N–H and O–H groups in total. The third-order valence-corrected chi connectivity index (χ3v) is 1.61. The normalized spacial score (nSPS) is 10.0. The Morgan fingerprint density at radius 3 is 2.67 bits per heavy atom. The van der Waals surface area contributed by atoms with Crippen LogP contribution in [-0.2, 0) is 0 Å². The van der Waals surface area contributed by atoms with Gasteiger partial charge in [0.2, 0.25) is 0 Å². The molecule has 0 amide bonds. The van der Waals surface area contributed by atoms with E-state index in [-0.39, 0.29) is 5.56 Å². The highest BCUT2D eigenvalue weighted by Crippen LogP contribution is 2.02. The molecule has 0 saturated carbocycles. The van der Waals surface area contributed by atoms with Crippen molar-refractivity contribution in [3.05, 3.63) is 47.0 Å². The Labute approximate surface area is 68.7 Å². The molecule has 2 aromatic rings. The first-order valence-corrected chi connectivity index (χ1v) is 3.58. The molecular formula is C9H6N2O. The molecule has 0 aliphatic heterocycles. The average molecular weight is 158 g/mol. The fourth-order valence-corrected chi connectivity index (χ4v) is 1.05. The van der Waals surface area contributed by atoms with E-state index >= 15 is 0 Å². The van der Waals surface area contributed by atoms with Crippen LogP contribution in [0.1, 0.15) is 0 Å². The molecule has 1 aromatic heterocycles. The molecule has 3 heteroatoms. The van der Waals surface area contributed by atoms with E-state index in [1.165, 1.54) is 12.4 Å². The Bertz CT molecular complexity index is 468. The monoisotopic (exact) mass is 158 g/mol. The highest BCUT2D eigenvalue weighted by atomic mass is 16.1. The SMILES string of the molecule is O=c1nccnc2ccccc12. The molecule has 0 saturated heterocycles. The quantitative estimate of drug-likeness (QED) is 0.574. The molecule has 1 aromatic carbocycles. The Hall–Kier alpha value is -1.77. The van der Waals surface area contributed by atoms with Gasteiger partial charge in [-0.1, -0.05) is 12.1 Å². The van der Waals surface area contributed by atoms with Gasteiger partial charge < -0.3 is 0 Å². The molecule has 0 spiro atoms. The summed E-state index contributed by atoms with van der Waals surface area (Å²) in [6.45, 7) is 0. The standard InChI is InChI=1S/C9H6N2O/c12-9-7-3-1-2-4-8(7)10-5-6-11-9/h1-6H. The molecule has 0 radical (unpaired) electrons. The first-order valence-electron chi connectivity index (χ1n) is 3.58. The van der Waals surface area contributed by atoms with Crippen LogP contribution in [0.4, 0.5) is 0 Å². The molecule has 1 heterocycles.